The van der Waals surface area contributed by atoms with Crippen LogP contribution in [0.4, 0.5) is 5.69 Å². The molecule has 6 heteroatoms. The van der Waals surface area contributed by atoms with E-state index in [0.29, 0.717) is 23.4 Å². The van der Waals surface area contributed by atoms with Crippen molar-refractivity contribution in [2.24, 2.45) is 5.10 Å². The quantitative estimate of drug-likeness (QED) is 0.653. The van der Waals surface area contributed by atoms with E-state index in [1.54, 1.807) is 43.3 Å². The van der Waals surface area contributed by atoms with E-state index in [2.05, 4.69) is 15.8 Å². The Balaban J connectivity index is 1.92. The van der Waals surface area contributed by atoms with Crippen LogP contribution in [0.3, 0.4) is 0 Å². The fraction of sp³-hybridized carbons (Fsp3) is 0.133. The summed E-state index contributed by atoms with van der Waals surface area (Å²) in [7, 11) is 0. The highest BCUT2D eigenvalue weighted by Gasteiger charge is 2.05. The zero-order valence-electron chi connectivity index (χ0n) is 11.5. The lowest BCUT2D eigenvalue weighted by Gasteiger charge is -2.04. The molecule has 0 saturated heterocycles. The minimum Gasteiger partial charge on any atom is -0.463 e. The van der Waals surface area contributed by atoms with Gasteiger partial charge in [0.1, 0.15) is 5.76 Å². The summed E-state index contributed by atoms with van der Waals surface area (Å²) < 4.78 is 5.04. The molecule has 2 N–H and O–H groups in total. The van der Waals surface area contributed by atoms with E-state index in [9.17, 15) is 9.59 Å². The maximum absolute atomic E-state index is 11.8. The van der Waals surface area contributed by atoms with Gasteiger partial charge in [-0.15, -0.1) is 0 Å². The second-order valence-corrected chi connectivity index (χ2v) is 4.19. The number of hydrazone groups is 1. The summed E-state index contributed by atoms with van der Waals surface area (Å²) in [5.74, 6) is 0.134. The van der Waals surface area contributed by atoms with Gasteiger partial charge in [-0.25, -0.2) is 5.43 Å². The number of carbonyl (C=O) groups excluding carboxylic acids is 2. The van der Waals surface area contributed by atoms with Gasteiger partial charge in [0.05, 0.1) is 12.5 Å². The molecule has 2 rings (SSSR count). The molecule has 0 aliphatic rings. The van der Waals surface area contributed by atoms with Crippen molar-refractivity contribution >= 4 is 23.7 Å². The van der Waals surface area contributed by atoms with E-state index in [4.69, 9.17) is 4.42 Å². The Morgan fingerprint density at radius 2 is 2.00 bits per heavy atom. The van der Waals surface area contributed by atoms with Crippen molar-refractivity contribution in [3.05, 3.63) is 54.0 Å². The van der Waals surface area contributed by atoms with Crippen molar-refractivity contribution in [2.75, 3.05) is 5.32 Å². The highest BCUT2D eigenvalue weighted by atomic mass is 16.3. The fourth-order valence-electron chi connectivity index (χ4n) is 1.54. The lowest BCUT2D eigenvalue weighted by molar-refractivity contribution is -0.115. The number of furan rings is 1. The standard InChI is InChI=1S/C15H15N3O3/c1-2-14(19)17-12-7-5-11(6-8-12)15(20)18-16-10-13-4-3-9-21-13/h3-10H,2H2,1H3,(H,17,19)(H,18,20)/b16-10+. The average Bonchev–Trinajstić information content (AvgIpc) is 3.01. The topological polar surface area (TPSA) is 83.7 Å². The summed E-state index contributed by atoms with van der Waals surface area (Å²) in [6, 6.07) is 10.0. The smallest absolute Gasteiger partial charge is 0.271 e. The number of hydrogen-bond donors (Lipinski definition) is 2. The molecule has 0 unspecified atom stereocenters. The molecule has 0 atom stereocenters. The third kappa shape index (κ3) is 4.31. The molecule has 0 fully saturated rings. The molecular formula is C15H15N3O3. The fourth-order valence-corrected chi connectivity index (χ4v) is 1.54. The maximum Gasteiger partial charge on any atom is 0.271 e. The summed E-state index contributed by atoms with van der Waals surface area (Å²) in [6.45, 7) is 1.77. The molecule has 1 aromatic carbocycles. The molecule has 0 saturated carbocycles. The Kier molecular flexibility index (Phi) is 4.87. The monoisotopic (exact) mass is 285 g/mol. The van der Waals surface area contributed by atoms with Gasteiger partial charge in [0.2, 0.25) is 5.91 Å². The SMILES string of the molecule is CCC(=O)Nc1ccc(C(=O)N/N=C/c2ccco2)cc1. The molecule has 1 heterocycles. The summed E-state index contributed by atoms with van der Waals surface area (Å²) in [5.41, 5.74) is 3.49. The van der Waals surface area contributed by atoms with E-state index in [0.717, 1.165) is 0 Å². The molecule has 0 bridgehead atoms. The number of nitrogens with zero attached hydrogens (tertiary/aromatic N) is 1. The van der Waals surface area contributed by atoms with Gasteiger partial charge in [0.25, 0.3) is 5.91 Å². The molecule has 0 spiro atoms. The van der Waals surface area contributed by atoms with Gasteiger partial charge in [0.15, 0.2) is 0 Å². The first-order valence-corrected chi connectivity index (χ1v) is 6.46. The predicted octanol–water partition coefficient (Wildman–Crippen LogP) is 2.39. The largest absolute Gasteiger partial charge is 0.463 e. The highest BCUT2D eigenvalue weighted by Crippen LogP contribution is 2.09. The van der Waals surface area contributed by atoms with Crippen LogP contribution in [0, 0.1) is 0 Å². The van der Waals surface area contributed by atoms with Gasteiger partial charge < -0.3 is 9.73 Å². The molecule has 108 valence electrons. The Morgan fingerprint density at radius 3 is 2.62 bits per heavy atom. The number of nitrogens with one attached hydrogen (secondary N) is 2. The number of anilines is 1. The zero-order valence-corrected chi connectivity index (χ0v) is 11.5. The van der Waals surface area contributed by atoms with Crippen LogP contribution in [0.2, 0.25) is 0 Å². The Labute approximate surface area is 121 Å². The molecule has 1 aromatic heterocycles. The van der Waals surface area contributed by atoms with Crippen LogP contribution in [0.1, 0.15) is 29.5 Å². The van der Waals surface area contributed by atoms with Crippen LogP contribution in [0.25, 0.3) is 0 Å². The molecule has 0 aliphatic carbocycles. The van der Waals surface area contributed by atoms with Crippen molar-refractivity contribution < 1.29 is 14.0 Å². The van der Waals surface area contributed by atoms with Crippen LogP contribution in [-0.2, 0) is 4.79 Å². The average molecular weight is 285 g/mol. The highest BCUT2D eigenvalue weighted by molar-refractivity contribution is 5.96. The van der Waals surface area contributed by atoms with Crippen LogP contribution in [0.5, 0.6) is 0 Å². The Hall–Kier alpha value is -2.89. The van der Waals surface area contributed by atoms with Crippen LogP contribution in [-0.4, -0.2) is 18.0 Å². The van der Waals surface area contributed by atoms with Crippen LogP contribution >= 0.6 is 0 Å². The molecule has 0 aliphatic heterocycles. The number of hydrogen-bond acceptors (Lipinski definition) is 4. The predicted molar refractivity (Wildman–Crippen MR) is 79.1 cm³/mol. The van der Waals surface area contributed by atoms with Gasteiger partial charge in [-0.1, -0.05) is 6.92 Å². The van der Waals surface area contributed by atoms with Crippen molar-refractivity contribution in [1.29, 1.82) is 0 Å². The van der Waals surface area contributed by atoms with Gasteiger partial charge in [-0.2, -0.15) is 5.10 Å². The van der Waals surface area contributed by atoms with Crippen molar-refractivity contribution in [1.82, 2.24) is 5.43 Å². The number of rotatable bonds is 5. The molecular weight excluding hydrogens is 270 g/mol. The first-order chi connectivity index (χ1) is 10.2. The Morgan fingerprint density at radius 1 is 1.24 bits per heavy atom. The van der Waals surface area contributed by atoms with E-state index in [1.807, 2.05) is 0 Å². The van der Waals surface area contributed by atoms with Crippen molar-refractivity contribution in [3.63, 3.8) is 0 Å². The first-order valence-electron chi connectivity index (χ1n) is 6.46. The van der Waals surface area contributed by atoms with E-state index in [1.165, 1.54) is 12.5 Å². The number of carbonyl (C=O) groups is 2. The van der Waals surface area contributed by atoms with Crippen molar-refractivity contribution in [3.8, 4) is 0 Å². The minimum absolute atomic E-state index is 0.0738. The summed E-state index contributed by atoms with van der Waals surface area (Å²) >= 11 is 0. The second kappa shape index (κ2) is 7.04. The molecule has 2 amide bonds. The van der Waals surface area contributed by atoms with Crippen molar-refractivity contribution in [2.45, 2.75) is 13.3 Å². The van der Waals surface area contributed by atoms with E-state index < -0.39 is 0 Å². The molecule has 6 nitrogen and oxygen atoms in total. The van der Waals surface area contributed by atoms with Crippen LogP contribution < -0.4 is 10.7 Å². The third-order valence-electron chi connectivity index (χ3n) is 2.65. The normalized spacial score (nSPS) is 10.5. The number of benzene rings is 1. The molecule has 2 aromatic rings. The number of amides is 2. The summed E-state index contributed by atoms with van der Waals surface area (Å²) in [5, 5.41) is 6.49. The Bertz CT molecular complexity index is 631. The first kappa shape index (κ1) is 14.5. The van der Waals surface area contributed by atoms with E-state index >= 15 is 0 Å². The third-order valence-corrected chi connectivity index (χ3v) is 2.65. The maximum atomic E-state index is 11.8. The van der Waals surface area contributed by atoms with Gasteiger partial charge in [-0.3, -0.25) is 9.59 Å². The summed E-state index contributed by atoms with van der Waals surface area (Å²) in [6.07, 6.45) is 3.34. The van der Waals surface area contributed by atoms with Crippen LogP contribution in [0.15, 0.2) is 52.2 Å². The minimum atomic E-state index is -0.342. The molecule has 0 radical (unpaired) electrons. The van der Waals surface area contributed by atoms with E-state index in [-0.39, 0.29) is 11.8 Å². The second-order valence-electron chi connectivity index (χ2n) is 4.19. The zero-order chi connectivity index (χ0) is 15.1. The van der Waals surface area contributed by atoms with Gasteiger partial charge in [-0.05, 0) is 36.4 Å². The summed E-state index contributed by atoms with van der Waals surface area (Å²) in [4.78, 5) is 23.1. The lowest BCUT2D eigenvalue weighted by atomic mass is 10.2. The van der Waals surface area contributed by atoms with Gasteiger partial charge >= 0.3 is 0 Å². The molecule has 21 heavy (non-hydrogen) atoms. The van der Waals surface area contributed by atoms with Gasteiger partial charge in [0, 0.05) is 17.7 Å². The lowest BCUT2D eigenvalue weighted by Crippen LogP contribution is -2.17.